The summed E-state index contributed by atoms with van der Waals surface area (Å²) >= 11 is 0. The maximum atomic E-state index is 11.9. The number of halogens is 3. The number of alkyl halides is 3. The van der Waals surface area contributed by atoms with Gasteiger partial charge in [0.1, 0.15) is 0 Å². The Morgan fingerprint density at radius 3 is 2.57 bits per heavy atom. The van der Waals surface area contributed by atoms with Crippen molar-refractivity contribution in [3.05, 3.63) is 0 Å². The summed E-state index contributed by atoms with van der Waals surface area (Å²) in [6, 6.07) is -0.102. The fraction of sp³-hybridized carbons (Fsp3) is 1.00. The topological polar surface area (TPSA) is 21.3 Å². The Labute approximate surface area is 80.8 Å². The zero-order valence-electron chi connectivity index (χ0n) is 7.81. The van der Waals surface area contributed by atoms with E-state index in [0.29, 0.717) is 6.10 Å². The zero-order chi connectivity index (χ0) is 10.2. The molecule has 0 saturated carbocycles. The van der Waals surface area contributed by atoms with Crippen molar-refractivity contribution in [3.63, 3.8) is 0 Å². The summed E-state index contributed by atoms with van der Waals surface area (Å²) in [6.07, 6.45) is -0.179. The number of hydrogen-bond donors (Lipinski definition) is 1. The lowest BCUT2D eigenvalue weighted by atomic mass is 10.0. The van der Waals surface area contributed by atoms with Crippen molar-refractivity contribution in [1.82, 2.24) is 5.32 Å². The minimum Gasteiger partial charge on any atom is -0.373 e. The van der Waals surface area contributed by atoms with Gasteiger partial charge >= 0.3 is 6.18 Å². The van der Waals surface area contributed by atoms with E-state index in [4.69, 9.17) is 4.74 Å². The molecule has 2 aliphatic heterocycles. The molecule has 3 atom stereocenters. The number of fused-ring (bicyclic) bond motifs is 2. The minimum absolute atomic E-state index is 0.0103. The zero-order valence-corrected chi connectivity index (χ0v) is 7.81. The van der Waals surface area contributed by atoms with E-state index >= 15 is 0 Å². The van der Waals surface area contributed by atoms with Gasteiger partial charge in [-0.25, -0.2) is 0 Å². The Balaban J connectivity index is 1.80. The molecule has 0 spiro atoms. The molecule has 2 rings (SSSR count). The molecular weight excluding hydrogens is 195 g/mol. The quantitative estimate of drug-likeness (QED) is 0.749. The average Bonchev–Trinajstić information content (AvgIpc) is 2.46. The first-order valence-corrected chi connectivity index (χ1v) is 5.00. The van der Waals surface area contributed by atoms with E-state index in [1.807, 2.05) is 0 Å². The van der Waals surface area contributed by atoms with Crippen LogP contribution < -0.4 is 5.32 Å². The molecule has 82 valence electrons. The molecule has 2 saturated heterocycles. The van der Waals surface area contributed by atoms with Crippen LogP contribution in [0.5, 0.6) is 0 Å². The number of ether oxygens (including phenoxy) is 1. The van der Waals surface area contributed by atoms with Gasteiger partial charge in [0.2, 0.25) is 0 Å². The molecule has 2 nitrogen and oxygen atoms in total. The van der Waals surface area contributed by atoms with E-state index < -0.39 is 12.7 Å². The van der Waals surface area contributed by atoms with Gasteiger partial charge in [-0.05, 0) is 25.7 Å². The van der Waals surface area contributed by atoms with E-state index in [9.17, 15) is 13.2 Å². The van der Waals surface area contributed by atoms with Crippen LogP contribution in [0.1, 0.15) is 25.7 Å². The molecule has 0 radical (unpaired) electrons. The summed E-state index contributed by atoms with van der Waals surface area (Å²) in [5, 5.41) is 2.54. The molecule has 0 aromatic rings. The van der Waals surface area contributed by atoms with Crippen LogP contribution in [0.3, 0.4) is 0 Å². The van der Waals surface area contributed by atoms with Gasteiger partial charge in [-0.1, -0.05) is 0 Å². The summed E-state index contributed by atoms with van der Waals surface area (Å²) in [7, 11) is 0. The van der Waals surface area contributed by atoms with E-state index in [1.165, 1.54) is 0 Å². The van der Waals surface area contributed by atoms with Gasteiger partial charge in [0.05, 0.1) is 18.8 Å². The van der Waals surface area contributed by atoms with Gasteiger partial charge in [-0.15, -0.1) is 0 Å². The molecule has 2 fully saturated rings. The maximum Gasteiger partial charge on any atom is 0.401 e. The highest BCUT2D eigenvalue weighted by Gasteiger charge is 2.38. The molecule has 5 heteroatoms. The van der Waals surface area contributed by atoms with Crippen molar-refractivity contribution in [2.24, 2.45) is 0 Å². The molecule has 0 aromatic heterocycles. The number of rotatable bonds is 2. The van der Waals surface area contributed by atoms with Gasteiger partial charge in [0, 0.05) is 6.04 Å². The van der Waals surface area contributed by atoms with Crippen LogP contribution in [-0.2, 0) is 4.74 Å². The molecular formula is C9H14F3NO. The first-order valence-electron chi connectivity index (χ1n) is 5.00. The standard InChI is InChI=1S/C9H14F3NO/c10-9(11,12)5-13-7-3-1-6-2-4-8(7)14-6/h6-8,13H,1-5H2. The minimum atomic E-state index is -4.12. The molecule has 0 aromatic carbocycles. The van der Waals surface area contributed by atoms with Gasteiger partial charge in [-0.3, -0.25) is 0 Å². The van der Waals surface area contributed by atoms with Gasteiger partial charge in [0.15, 0.2) is 0 Å². The molecule has 0 amide bonds. The highest BCUT2D eigenvalue weighted by molar-refractivity contribution is 4.90. The van der Waals surface area contributed by atoms with E-state index in [1.54, 1.807) is 0 Å². The highest BCUT2D eigenvalue weighted by Crippen LogP contribution is 2.32. The number of nitrogens with one attached hydrogen (secondary N) is 1. The first-order chi connectivity index (χ1) is 6.54. The Kier molecular flexibility index (Phi) is 2.70. The average molecular weight is 209 g/mol. The van der Waals surface area contributed by atoms with Gasteiger partial charge in [-0.2, -0.15) is 13.2 Å². The third-order valence-corrected chi connectivity index (χ3v) is 2.95. The molecule has 2 bridgehead atoms. The molecule has 3 unspecified atom stereocenters. The van der Waals surface area contributed by atoms with Crippen molar-refractivity contribution in [3.8, 4) is 0 Å². The van der Waals surface area contributed by atoms with Crippen LogP contribution in [0.4, 0.5) is 13.2 Å². The van der Waals surface area contributed by atoms with E-state index in [0.717, 1.165) is 25.7 Å². The molecule has 14 heavy (non-hydrogen) atoms. The Bertz CT molecular complexity index is 207. The maximum absolute atomic E-state index is 11.9. The van der Waals surface area contributed by atoms with Crippen molar-refractivity contribution in [2.75, 3.05) is 6.54 Å². The van der Waals surface area contributed by atoms with Crippen LogP contribution in [0.25, 0.3) is 0 Å². The second-order valence-corrected chi connectivity index (χ2v) is 4.05. The summed E-state index contributed by atoms with van der Waals surface area (Å²) in [6.45, 7) is -0.901. The lowest BCUT2D eigenvalue weighted by molar-refractivity contribution is -0.130. The van der Waals surface area contributed by atoms with Crippen molar-refractivity contribution >= 4 is 0 Å². The summed E-state index contributed by atoms with van der Waals surface area (Å²) in [4.78, 5) is 0. The monoisotopic (exact) mass is 209 g/mol. The third kappa shape index (κ3) is 2.39. The van der Waals surface area contributed by atoms with Gasteiger partial charge in [0.25, 0.3) is 0 Å². The summed E-state index contributed by atoms with van der Waals surface area (Å²) in [5.74, 6) is 0. The second-order valence-electron chi connectivity index (χ2n) is 4.05. The third-order valence-electron chi connectivity index (χ3n) is 2.95. The molecule has 2 heterocycles. The largest absolute Gasteiger partial charge is 0.401 e. The van der Waals surface area contributed by atoms with Crippen LogP contribution >= 0.6 is 0 Å². The Morgan fingerprint density at radius 1 is 1.14 bits per heavy atom. The first kappa shape index (κ1) is 10.2. The van der Waals surface area contributed by atoms with Crippen molar-refractivity contribution in [1.29, 1.82) is 0 Å². The smallest absolute Gasteiger partial charge is 0.373 e. The predicted octanol–water partition coefficient (Wildman–Crippen LogP) is 1.85. The lowest BCUT2D eigenvalue weighted by Gasteiger charge is -2.30. The fourth-order valence-electron chi connectivity index (χ4n) is 2.27. The molecule has 1 N–H and O–H groups in total. The Hall–Kier alpha value is -0.290. The van der Waals surface area contributed by atoms with Crippen molar-refractivity contribution < 1.29 is 17.9 Å². The Morgan fingerprint density at radius 2 is 1.86 bits per heavy atom. The molecule has 2 aliphatic rings. The van der Waals surface area contributed by atoms with Crippen LogP contribution in [0.15, 0.2) is 0 Å². The fourth-order valence-corrected chi connectivity index (χ4v) is 2.27. The van der Waals surface area contributed by atoms with Gasteiger partial charge < -0.3 is 10.1 Å². The summed E-state index contributed by atoms with van der Waals surface area (Å²) < 4.78 is 41.4. The normalized spacial score (nSPS) is 37.5. The summed E-state index contributed by atoms with van der Waals surface area (Å²) in [5.41, 5.74) is 0. The predicted molar refractivity (Wildman–Crippen MR) is 45.0 cm³/mol. The van der Waals surface area contributed by atoms with Crippen LogP contribution in [0, 0.1) is 0 Å². The second kappa shape index (κ2) is 3.70. The van der Waals surface area contributed by atoms with Crippen LogP contribution in [-0.4, -0.2) is 31.0 Å². The van der Waals surface area contributed by atoms with E-state index in [2.05, 4.69) is 5.32 Å². The SMILES string of the molecule is FC(F)(F)CNC1CCC2CCC1O2. The van der Waals surface area contributed by atoms with E-state index in [-0.39, 0.29) is 12.1 Å². The lowest BCUT2D eigenvalue weighted by Crippen LogP contribution is -2.46. The van der Waals surface area contributed by atoms with Crippen molar-refractivity contribution in [2.45, 2.75) is 50.1 Å². The van der Waals surface area contributed by atoms with Crippen LogP contribution in [0.2, 0.25) is 0 Å². The molecule has 0 aliphatic carbocycles. The number of hydrogen-bond acceptors (Lipinski definition) is 2. The highest BCUT2D eigenvalue weighted by atomic mass is 19.4.